The van der Waals surface area contributed by atoms with E-state index in [1.54, 1.807) is 45.7 Å². The molecule has 11 heteroatoms. The van der Waals surface area contributed by atoms with Crippen LogP contribution in [0.5, 0.6) is 0 Å². The van der Waals surface area contributed by atoms with E-state index in [9.17, 15) is 9.59 Å². The first-order valence-electron chi connectivity index (χ1n) is 7.96. The van der Waals surface area contributed by atoms with Crippen molar-refractivity contribution >= 4 is 27.9 Å². The van der Waals surface area contributed by atoms with Gasteiger partial charge in [-0.15, -0.1) is 0 Å². The zero-order valence-corrected chi connectivity index (χ0v) is 17.6. The lowest BCUT2D eigenvalue weighted by Crippen LogP contribution is -2.10. The van der Waals surface area contributed by atoms with Gasteiger partial charge in [0.15, 0.2) is 11.4 Å². The molecule has 0 radical (unpaired) electrons. The highest BCUT2D eigenvalue weighted by atomic mass is 79.9. The Morgan fingerprint density at radius 2 is 1.57 bits per heavy atom. The van der Waals surface area contributed by atoms with E-state index in [-0.39, 0.29) is 0 Å². The van der Waals surface area contributed by atoms with Crippen molar-refractivity contribution in [2.24, 2.45) is 14.1 Å². The van der Waals surface area contributed by atoms with E-state index in [0.717, 1.165) is 0 Å². The van der Waals surface area contributed by atoms with Crippen molar-refractivity contribution < 1.29 is 19.1 Å². The predicted octanol–water partition coefficient (Wildman–Crippen LogP) is 1.94. The first-order chi connectivity index (χ1) is 13.3. The van der Waals surface area contributed by atoms with Crippen LogP contribution in [0.25, 0.3) is 11.3 Å². The van der Waals surface area contributed by atoms with Gasteiger partial charge >= 0.3 is 11.9 Å². The van der Waals surface area contributed by atoms with Crippen LogP contribution in [-0.2, 0) is 23.6 Å². The second-order valence-corrected chi connectivity index (χ2v) is 6.32. The standard InChI is InChI=1S/C11H12N4O2.C6H7BrN2O2/c1-7-12-5-4-9(14-7)8-6-13-15(2)10(8)11(16)17-3;1-9-5(6(10)11-2)4(7)3-8-9/h4-6H,1-3H3;3H,1-2H3. The molecule has 0 bridgehead atoms. The molecule has 0 N–H and O–H groups in total. The molecule has 0 aliphatic heterocycles. The zero-order valence-electron chi connectivity index (χ0n) is 16.0. The van der Waals surface area contributed by atoms with E-state index in [1.165, 1.54) is 23.6 Å². The molecule has 0 fully saturated rings. The van der Waals surface area contributed by atoms with Gasteiger partial charge in [0.2, 0.25) is 0 Å². The van der Waals surface area contributed by atoms with Crippen LogP contribution in [0.4, 0.5) is 0 Å². The maximum absolute atomic E-state index is 11.6. The number of carbonyl (C=O) groups excluding carboxylic acids is 2. The third-order valence-corrected chi connectivity index (χ3v) is 4.22. The summed E-state index contributed by atoms with van der Waals surface area (Å²) in [5.74, 6) is -0.185. The summed E-state index contributed by atoms with van der Waals surface area (Å²) < 4.78 is 12.8. The summed E-state index contributed by atoms with van der Waals surface area (Å²) in [6.07, 6.45) is 4.78. The van der Waals surface area contributed by atoms with E-state index < -0.39 is 11.9 Å². The molecule has 3 heterocycles. The highest BCUT2D eigenvalue weighted by Crippen LogP contribution is 2.21. The molecule has 148 valence electrons. The minimum absolute atomic E-state index is 0.380. The molecule has 0 unspecified atom stereocenters. The van der Waals surface area contributed by atoms with Crippen LogP contribution in [0.15, 0.2) is 29.1 Å². The predicted molar refractivity (Wildman–Crippen MR) is 103 cm³/mol. The highest BCUT2D eigenvalue weighted by molar-refractivity contribution is 9.10. The monoisotopic (exact) mass is 450 g/mol. The van der Waals surface area contributed by atoms with E-state index in [2.05, 4.69) is 40.8 Å². The van der Waals surface area contributed by atoms with Crippen molar-refractivity contribution in [3.63, 3.8) is 0 Å². The molecule has 0 aromatic carbocycles. The Morgan fingerprint density at radius 1 is 1.00 bits per heavy atom. The SMILES string of the molecule is COC(=O)c1c(-c2ccnc(C)n2)cnn1C.COC(=O)c1c(Br)cnn1C. The number of ether oxygens (including phenoxy) is 2. The molecule has 0 atom stereocenters. The maximum Gasteiger partial charge on any atom is 0.357 e. The molecular weight excluding hydrogens is 432 g/mol. The lowest BCUT2D eigenvalue weighted by molar-refractivity contribution is 0.0579. The summed E-state index contributed by atoms with van der Waals surface area (Å²) in [5, 5.41) is 7.90. The van der Waals surface area contributed by atoms with Crippen molar-refractivity contribution in [1.82, 2.24) is 29.5 Å². The Kier molecular flexibility index (Phi) is 6.99. The quantitative estimate of drug-likeness (QED) is 0.556. The van der Waals surface area contributed by atoms with Crippen molar-refractivity contribution in [2.75, 3.05) is 14.2 Å². The molecular formula is C17H19BrN6O4. The van der Waals surface area contributed by atoms with Gasteiger partial charge in [-0.3, -0.25) is 9.36 Å². The minimum atomic E-state index is -0.434. The van der Waals surface area contributed by atoms with Crippen molar-refractivity contribution in [1.29, 1.82) is 0 Å². The number of hydrogen-bond donors (Lipinski definition) is 0. The molecule has 0 amide bonds. The third kappa shape index (κ3) is 4.60. The van der Waals surface area contributed by atoms with Gasteiger partial charge in [0.1, 0.15) is 5.82 Å². The number of aryl methyl sites for hydroxylation is 3. The fourth-order valence-corrected chi connectivity index (χ4v) is 2.82. The number of hydrogen-bond acceptors (Lipinski definition) is 8. The highest BCUT2D eigenvalue weighted by Gasteiger charge is 2.19. The molecule has 3 aromatic heterocycles. The van der Waals surface area contributed by atoms with Crippen LogP contribution in [-0.4, -0.2) is 55.7 Å². The molecule has 3 rings (SSSR count). The number of aromatic nitrogens is 6. The number of nitrogens with zero attached hydrogens (tertiary/aromatic N) is 6. The first-order valence-corrected chi connectivity index (χ1v) is 8.75. The van der Waals surface area contributed by atoms with Gasteiger partial charge in [0, 0.05) is 20.3 Å². The second-order valence-electron chi connectivity index (χ2n) is 5.47. The van der Waals surface area contributed by atoms with Gasteiger partial charge in [-0.05, 0) is 28.9 Å². The van der Waals surface area contributed by atoms with E-state index >= 15 is 0 Å². The minimum Gasteiger partial charge on any atom is -0.464 e. The van der Waals surface area contributed by atoms with Crippen molar-refractivity contribution in [2.45, 2.75) is 6.92 Å². The Bertz CT molecular complexity index is 978. The van der Waals surface area contributed by atoms with Crippen LogP contribution >= 0.6 is 15.9 Å². The van der Waals surface area contributed by atoms with Gasteiger partial charge < -0.3 is 9.47 Å². The summed E-state index contributed by atoms with van der Waals surface area (Å²) in [6.45, 7) is 1.79. The van der Waals surface area contributed by atoms with Crippen LogP contribution < -0.4 is 0 Å². The lowest BCUT2D eigenvalue weighted by atomic mass is 10.2. The molecule has 28 heavy (non-hydrogen) atoms. The topological polar surface area (TPSA) is 114 Å². The Labute approximate surface area is 169 Å². The largest absolute Gasteiger partial charge is 0.464 e. The van der Waals surface area contributed by atoms with E-state index in [0.29, 0.717) is 32.9 Å². The van der Waals surface area contributed by atoms with Crippen LogP contribution in [0.2, 0.25) is 0 Å². The number of methoxy groups -OCH3 is 2. The van der Waals surface area contributed by atoms with Crippen LogP contribution in [0.1, 0.15) is 26.8 Å². The van der Waals surface area contributed by atoms with E-state index in [1.807, 2.05) is 0 Å². The summed E-state index contributed by atoms with van der Waals surface area (Å²) in [5.41, 5.74) is 2.11. The van der Waals surface area contributed by atoms with Gasteiger partial charge in [-0.2, -0.15) is 10.2 Å². The summed E-state index contributed by atoms with van der Waals surface area (Å²) in [6, 6.07) is 1.73. The fourth-order valence-electron chi connectivity index (χ4n) is 2.31. The molecule has 0 spiro atoms. The van der Waals surface area contributed by atoms with Gasteiger partial charge in [-0.25, -0.2) is 19.6 Å². The number of rotatable bonds is 3. The van der Waals surface area contributed by atoms with Crippen molar-refractivity contribution in [3.05, 3.63) is 46.3 Å². The Morgan fingerprint density at radius 3 is 2.11 bits per heavy atom. The zero-order chi connectivity index (χ0) is 20.8. The second kappa shape index (κ2) is 9.22. The Hall–Kier alpha value is -3.08. The molecule has 3 aromatic rings. The van der Waals surface area contributed by atoms with Crippen LogP contribution in [0, 0.1) is 6.92 Å². The molecule has 0 aliphatic rings. The summed E-state index contributed by atoms with van der Waals surface area (Å²) >= 11 is 3.17. The van der Waals surface area contributed by atoms with E-state index in [4.69, 9.17) is 4.74 Å². The van der Waals surface area contributed by atoms with Crippen LogP contribution in [0.3, 0.4) is 0 Å². The lowest BCUT2D eigenvalue weighted by Gasteiger charge is -2.03. The normalized spacial score (nSPS) is 10.1. The van der Waals surface area contributed by atoms with Crippen molar-refractivity contribution in [3.8, 4) is 11.3 Å². The number of esters is 2. The number of halogens is 1. The molecule has 0 aliphatic carbocycles. The fraction of sp³-hybridized carbons (Fsp3) is 0.294. The average molecular weight is 451 g/mol. The van der Waals surface area contributed by atoms with Gasteiger partial charge in [-0.1, -0.05) is 0 Å². The summed E-state index contributed by atoms with van der Waals surface area (Å²) in [4.78, 5) is 30.9. The average Bonchev–Trinajstić information content (AvgIpc) is 3.23. The molecule has 10 nitrogen and oxygen atoms in total. The first kappa shape index (κ1) is 21.2. The Balaban J connectivity index is 0.000000221. The number of carbonyl (C=O) groups is 2. The van der Waals surface area contributed by atoms with Gasteiger partial charge in [0.05, 0.1) is 42.3 Å². The molecule has 0 saturated carbocycles. The maximum atomic E-state index is 11.6. The van der Waals surface area contributed by atoms with Gasteiger partial charge in [0.25, 0.3) is 0 Å². The smallest absolute Gasteiger partial charge is 0.357 e. The summed E-state index contributed by atoms with van der Waals surface area (Å²) in [7, 11) is 6.03. The molecule has 0 saturated heterocycles. The third-order valence-electron chi connectivity index (χ3n) is 3.64.